The SMILES string of the molecule is Cl.Cl.Cl.Cl.NCCCNCCCCCCCCNCCCNCc1cccc2ccccc12. The first kappa shape index (κ1) is 37.3. The van der Waals surface area contributed by atoms with Gasteiger partial charge in [0, 0.05) is 6.54 Å². The number of rotatable bonds is 18. The van der Waals surface area contributed by atoms with Crippen molar-refractivity contribution in [1.82, 2.24) is 16.0 Å². The third-order valence-corrected chi connectivity index (χ3v) is 5.42. The third-order valence-electron chi connectivity index (χ3n) is 5.42. The lowest BCUT2D eigenvalue weighted by molar-refractivity contribution is 0.539. The van der Waals surface area contributed by atoms with Crippen molar-refractivity contribution >= 4 is 60.4 Å². The molecule has 33 heavy (non-hydrogen) atoms. The topological polar surface area (TPSA) is 62.1 Å². The van der Waals surface area contributed by atoms with Gasteiger partial charge in [-0.25, -0.2) is 0 Å². The number of halogens is 4. The van der Waals surface area contributed by atoms with Gasteiger partial charge >= 0.3 is 0 Å². The fourth-order valence-electron chi connectivity index (χ4n) is 3.69. The Kier molecular flexibility index (Phi) is 29.7. The van der Waals surface area contributed by atoms with E-state index >= 15 is 0 Å². The number of hydrogen-bond acceptors (Lipinski definition) is 4. The summed E-state index contributed by atoms with van der Waals surface area (Å²) in [5.74, 6) is 0. The van der Waals surface area contributed by atoms with Gasteiger partial charge in [-0.1, -0.05) is 68.1 Å². The van der Waals surface area contributed by atoms with Crippen LogP contribution in [0.1, 0.15) is 56.9 Å². The van der Waals surface area contributed by atoms with Crippen LogP contribution >= 0.6 is 49.6 Å². The highest BCUT2D eigenvalue weighted by molar-refractivity contribution is 5.86. The molecule has 4 nitrogen and oxygen atoms in total. The van der Waals surface area contributed by atoms with Crippen LogP contribution in [0.25, 0.3) is 10.8 Å². The molecule has 0 atom stereocenters. The van der Waals surface area contributed by atoms with Gasteiger partial charge in [0.25, 0.3) is 0 Å². The van der Waals surface area contributed by atoms with E-state index in [1.54, 1.807) is 0 Å². The molecule has 0 spiro atoms. The molecule has 0 aromatic heterocycles. The predicted molar refractivity (Wildman–Crippen MR) is 156 cm³/mol. The molecule has 0 bridgehead atoms. The minimum atomic E-state index is 0. The maximum Gasteiger partial charge on any atom is 0.0211 e. The molecule has 2 rings (SSSR count). The van der Waals surface area contributed by atoms with Gasteiger partial charge in [0.05, 0.1) is 0 Å². The number of hydrogen-bond donors (Lipinski definition) is 4. The first-order valence-corrected chi connectivity index (χ1v) is 11.7. The Hall–Kier alpha value is -0.300. The van der Waals surface area contributed by atoms with Crippen LogP contribution in [0.5, 0.6) is 0 Å². The van der Waals surface area contributed by atoms with Crippen LogP contribution in [0.4, 0.5) is 0 Å². The van der Waals surface area contributed by atoms with Gasteiger partial charge in [0.2, 0.25) is 0 Å². The molecule has 0 saturated heterocycles. The van der Waals surface area contributed by atoms with E-state index in [4.69, 9.17) is 5.73 Å². The quantitative estimate of drug-likeness (QED) is 0.177. The van der Waals surface area contributed by atoms with E-state index in [1.807, 2.05) is 0 Å². The van der Waals surface area contributed by atoms with Gasteiger partial charge in [-0.2, -0.15) is 0 Å². The Morgan fingerprint density at radius 2 is 1.03 bits per heavy atom. The molecule has 0 aliphatic carbocycles. The lowest BCUT2D eigenvalue weighted by atomic mass is 10.0. The van der Waals surface area contributed by atoms with E-state index in [2.05, 4.69) is 58.4 Å². The molecule has 0 fully saturated rings. The first-order valence-electron chi connectivity index (χ1n) is 11.7. The van der Waals surface area contributed by atoms with Crippen LogP contribution in [0.15, 0.2) is 42.5 Å². The summed E-state index contributed by atoms with van der Waals surface area (Å²) in [7, 11) is 0. The lowest BCUT2D eigenvalue weighted by Crippen LogP contribution is -2.22. The van der Waals surface area contributed by atoms with Crippen molar-refractivity contribution in [2.24, 2.45) is 5.73 Å². The van der Waals surface area contributed by atoms with Crippen molar-refractivity contribution in [3.8, 4) is 0 Å². The van der Waals surface area contributed by atoms with Crippen LogP contribution in [0.2, 0.25) is 0 Å². The summed E-state index contributed by atoms with van der Waals surface area (Å²) in [6.45, 7) is 7.29. The summed E-state index contributed by atoms with van der Waals surface area (Å²) in [4.78, 5) is 0. The molecule has 0 amide bonds. The van der Waals surface area contributed by atoms with Crippen molar-refractivity contribution in [1.29, 1.82) is 0 Å². The molecule has 0 radical (unpaired) electrons. The Bertz CT molecular complexity index is 656. The Labute approximate surface area is 226 Å². The van der Waals surface area contributed by atoms with Crippen LogP contribution in [-0.2, 0) is 6.54 Å². The summed E-state index contributed by atoms with van der Waals surface area (Å²) in [6.07, 6.45) is 10.3. The molecule has 0 unspecified atom stereocenters. The second kappa shape index (κ2) is 26.3. The molecule has 0 heterocycles. The van der Waals surface area contributed by atoms with Crippen molar-refractivity contribution in [3.05, 3.63) is 48.0 Å². The standard InChI is InChI=1S/C25H42N4.4ClH/c26-16-10-19-27-17-7-3-1-2-4-8-18-28-20-11-21-29-22-24-14-9-13-23-12-5-6-15-25(23)24;;;;/h5-6,9,12-15,27-29H,1-4,7-8,10-11,16-22,26H2;4*1H. The molecule has 2 aromatic rings. The zero-order valence-electron chi connectivity index (χ0n) is 19.9. The molecular weight excluding hydrogens is 498 g/mol. The van der Waals surface area contributed by atoms with Crippen molar-refractivity contribution < 1.29 is 0 Å². The van der Waals surface area contributed by atoms with E-state index in [9.17, 15) is 0 Å². The monoisotopic (exact) mass is 542 g/mol. The average Bonchev–Trinajstić information content (AvgIpc) is 2.76. The number of nitrogens with one attached hydrogen (secondary N) is 3. The zero-order valence-corrected chi connectivity index (χ0v) is 23.1. The summed E-state index contributed by atoms with van der Waals surface area (Å²) in [6, 6.07) is 15.2. The first-order chi connectivity index (χ1) is 14.4. The van der Waals surface area contributed by atoms with Crippen molar-refractivity contribution in [2.45, 2.75) is 57.9 Å². The number of nitrogens with two attached hydrogens (primary N) is 1. The van der Waals surface area contributed by atoms with Crippen LogP contribution in [0.3, 0.4) is 0 Å². The van der Waals surface area contributed by atoms with Gasteiger partial charge in [-0.3, -0.25) is 0 Å². The summed E-state index contributed by atoms with van der Waals surface area (Å²) in [5.41, 5.74) is 6.87. The third kappa shape index (κ3) is 17.7. The summed E-state index contributed by atoms with van der Waals surface area (Å²) in [5, 5.41) is 13.3. The lowest BCUT2D eigenvalue weighted by Gasteiger charge is -2.09. The van der Waals surface area contributed by atoms with Crippen LogP contribution in [0, 0.1) is 0 Å². The second-order valence-corrected chi connectivity index (χ2v) is 7.93. The van der Waals surface area contributed by atoms with E-state index in [1.165, 1.54) is 61.3 Å². The molecule has 0 aliphatic rings. The molecule has 8 heteroatoms. The molecule has 2 aromatic carbocycles. The Morgan fingerprint density at radius 1 is 0.515 bits per heavy atom. The summed E-state index contributed by atoms with van der Waals surface area (Å²) >= 11 is 0. The van der Waals surface area contributed by atoms with E-state index in [0.717, 1.165) is 52.2 Å². The Balaban J connectivity index is -0.00000225. The maximum atomic E-state index is 5.48. The largest absolute Gasteiger partial charge is 0.330 e. The number of fused-ring (bicyclic) bond motifs is 1. The fraction of sp³-hybridized carbons (Fsp3) is 0.600. The molecule has 0 saturated carbocycles. The van der Waals surface area contributed by atoms with Crippen molar-refractivity contribution in [2.75, 3.05) is 39.3 Å². The molecule has 0 aliphatic heterocycles. The van der Waals surface area contributed by atoms with Gasteiger partial charge < -0.3 is 21.7 Å². The molecule has 194 valence electrons. The van der Waals surface area contributed by atoms with E-state index in [0.29, 0.717) is 0 Å². The van der Waals surface area contributed by atoms with Crippen LogP contribution in [-0.4, -0.2) is 39.3 Å². The van der Waals surface area contributed by atoms with E-state index < -0.39 is 0 Å². The highest BCUT2D eigenvalue weighted by Crippen LogP contribution is 2.18. The highest BCUT2D eigenvalue weighted by atomic mass is 35.5. The van der Waals surface area contributed by atoms with E-state index in [-0.39, 0.29) is 49.6 Å². The zero-order chi connectivity index (χ0) is 20.4. The maximum absolute atomic E-state index is 5.48. The van der Waals surface area contributed by atoms with Gasteiger partial charge in [-0.05, 0) is 81.3 Å². The van der Waals surface area contributed by atoms with Gasteiger partial charge in [-0.15, -0.1) is 49.6 Å². The van der Waals surface area contributed by atoms with Crippen molar-refractivity contribution in [3.63, 3.8) is 0 Å². The minimum Gasteiger partial charge on any atom is -0.330 e. The average molecular weight is 544 g/mol. The normalized spacial score (nSPS) is 9.97. The number of unbranched alkanes of at least 4 members (excludes halogenated alkanes) is 5. The highest BCUT2D eigenvalue weighted by Gasteiger charge is 1.99. The van der Waals surface area contributed by atoms with Gasteiger partial charge in [0.1, 0.15) is 0 Å². The fourth-order valence-corrected chi connectivity index (χ4v) is 3.69. The second-order valence-electron chi connectivity index (χ2n) is 7.93. The van der Waals surface area contributed by atoms with Crippen LogP contribution < -0.4 is 21.7 Å². The number of benzene rings is 2. The Morgan fingerprint density at radius 3 is 1.70 bits per heavy atom. The minimum absolute atomic E-state index is 0. The summed E-state index contributed by atoms with van der Waals surface area (Å²) < 4.78 is 0. The molecule has 5 N–H and O–H groups in total. The molecular formula is C25H46Cl4N4. The van der Waals surface area contributed by atoms with Gasteiger partial charge in [0.15, 0.2) is 0 Å². The predicted octanol–water partition coefficient (Wildman–Crippen LogP) is 5.88. The smallest absolute Gasteiger partial charge is 0.0211 e.